The number of benzene rings is 2. The molecule has 32 heavy (non-hydrogen) atoms. The molecule has 8 heteroatoms. The fourth-order valence-corrected chi connectivity index (χ4v) is 4.00. The largest absolute Gasteiger partial charge is 0.480 e. The number of aryl methyl sites for hydroxylation is 2. The Balaban J connectivity index is 1.66. The lowest BCUT2D eigenvalue weighted by Gasteiger charge is -2.20. The second kappa shape index (κ2) is 7.81. The summed E-state index contributed by atoms with van der Waals surface area (Å²) in [5.41, 5.74) is 4.63. The summed E-state index contributed by atoms with van der Waals surface area (Å²) in [5, 5.41) is 19.7. The normalized spacial score (nSPS) is 12.2. The van der Waals surface area contributed by atoms with Gasteiger partial charge in [-0.25, -0.2) is 19.6 Å². The molecule has 160 valence electrons. The molecule has 1 aliphatic carbocycles. The number of aliphatic carboxylic acids is 2. The lowest BCUT2D eigenvalue weighted by Crippen LogP contribution is -2.12. The Bertz CT molecular complexity index is 1290. The molecule has 0 aliphatic heterocycles. The zero-order valence-electron chi connectivity index (χ0n) is 16.9. The number of ether oxygens (including phenoxy) is 2. The molecule has 8 nitrogen and oxygen atoms in total. The van der Waals surface area contributed by atoms with Crippen LogP contribution in [-0.4, -0.2) is 45.3 Å². The minimum absolute atomic E-state index is 0.395. The Morgan fingerprint density at radius 2 is 1.19 bits per heavy atom. The van der Waals surface area contributed by atoms with Crippen molar-refractivity contribution < 1.29 is 29.3 Å². The molecule has 0 fully saturated rings. The van der Waals surface area contributed by atoms with Crippen LogP contribution >= 0.6 is 0 Å². The van der Waals surface area contributed by atoms with Crippen molar-refractivity contribution in [2.24, 2.45) is 0 Å². The molecule has 2 N–H and O–H groups in total. The standard InChI is InChI=1S/C24H18N2O6/c27-19(28)11-31-17-5-1-3-13-9-15-7-8-16-10-14-4-2-6-18(32-12-20(29)30)22(14)26-24(16)23(15)25-21(13)17/h1-6,9-10H,7-8,11-12H2,(H,27,28)(H,29,30). The predicted octanol–water partition coefficient (Wildman–Crippen LogP) is 3.48. The minimum atomic E-state index is -1.06. The van der Waals surface area contributed by atoms with Crippen LogP contribution in [0.3, 0.4) is 0 Å². The van der Waals surface area contributed by atoms with E-state index < -0.39 is 25.2 Å². The summed E-state index contributed by atoms with van der Waals surface area (Å²) in [6.07, 6.45) is 1.60. The highest BCUT2D eigenvalue weighted by molar-refractivity contribution is 5.92. The molecule has 0 amide bonds. The van der Waals surface area contributed by atoms with Gasteiger partial charge in [-0.15, -0.1) is 0 Å². The Morgan fingerprint density at radius 1 is 0.750 bits per heavy atom. The van der Waals surface area contributed by atoms with Crippen LogP contribution in [-0.2, 0) is 22.4 Å². The van der Waals surface area contributed by atoms with Gasteiger partial charge in [0.2, 0.25) is 0 Å². The molecule has 0 saturated heterocycles. The predicted molar refractivity (Wildman–Crippen MR) is 116 cm³/mol. The zero-order valence-corrected chi connectivity index (χ0v) is 16.9. The first-order valence-corrected chi connectivity index (χ1v) is 10.0. The van der Waals surface area contributed by atoms with Gasteiger partial charge in [-0.3, -0.25) is 0 Å². The first-order chi connectivity index (χ1) is 15.5. The first kappa shape index (κ1) is 19.7. The van der Waals surface area contributed by atoms with E-state index in [1.165, 1.54) is 0 Å². The zero-order chi connectivity index (χ0) is 22.2. The topological polar surface area (TPSA) is 119 Å². The van der Waals surface area contributed by atoms with E-state index in [0.29, 0.717) is 33.9 Å². The van der Waals surface area contributed by atoms with E-state index in [1.54, 1.807) is 12.1 Å². The number of para-hydroxylation sites is 2. The van der Waals surface area contributed by atoms with Gasteiger partial charge in [0.25, 0.3) is 0 Å². The summed E-state index contributed by atoms with van der Waals surface area (Å²) < 4.78 is 10.9. The number of hydrogen-bond acceptors (Lipinski definition) is 6. The second-order valence-electron chi connectivity index (χ2n) is 7.51. The molecule has 0 atom stereocenters. The summed E-state index contributed by atoms with van der Waals surface area (Å²) >= 11 is 0. The average molecular weight is 430 g/mol. The number of hydrogen-bond donors (Lipinski definition) is 2. The quantitative estimate of drug-likeness (QED) is 0.477. The van der Waals surface area contributed by atoms with Gasteiger partial charge < -0.3 is 19.7 Å². The van der Waals surface area contributed by atoms with Crippen LogP contribution in [0.1, 0.15) is 11.1 Å². The number of carbonyl (C=O) groups is 2. The van der Waals surface area contributed by atoms with Gasteiger partial charge in [-0.1, -0.05) is 24.3 Å². The molecule has 2 aromatic heterocycles. The van der Waals surface area contributed by atoms with E-state index in [4.69, 9.17) is 29.7 Å². The molecule has 5 rings (SSSR count). The third kappa shape index (κ3) is 3.56. The number of pyridine rings is 2. The van der Waals surface area contributed by atoms with Crippen LogP contribution in [0.2, 0.25) is 0 Å². The summed E-state index contributed by atoms with van der Waals surface area (Å²) in [6.45, 7) is -0.913. The smallest absolute Gasteiger partial charge is 0.341 e. The number of fused-ring (bicyclic) bond motifs is 5. The molecule has 2 heterocycles. The van der Waals surface area contributed by atoms with E-state index in [-0.39, 0.29) is 0 Å². The van der Waals surface area contributed by atoms with Gasteiger partial charge in [-0.2, -0.15) is 0 Å². The third-order valence-corrected chi connectivity index (χ3v) is 5.37. The highest BCUT2D eigenvalue weighted by Gasteiger charge is 2.22. The van der Waals surface area contributed by atoms with Crippen LogP contribution < -0.4 is 9.47 Å². The van der Waals surface area contributed by atoms with Gasteiger partial charge in [0, 0.05) is 10.8 Å². The van der Waals surface area contributed by atoms with Crippen molar-refractivity contribution in [2.75, 3.05) is 13.2 Å². The molecule has 4 aromatic rings. The van der Waals surface area contributed by atoms with Crippen molar-refractivity contribution in [3.05, 3.63) is 59.7 Å². The maximum Gasteiger partial charge on any atom is 0.341 e. The monoisotopic (exact) mass is 430 g/mol. The minimum Gasteiger partial charge on any atom is -0.480 e. The van der Waals surface area contributed by atoms with Crippen molar-refractivity contribution in [3.8, 4) is 22.9 Å². The Kier molecular flexibility index (Phi) is 4.82. The first-order valence-electron chi connectivity index (χ1n) is 10.0. The number of carboxylic acid groups (broad SMARTS) is 2. The maximum absolute atomic E-state index is 11.0. The molecular formula is C24H18N2O6. The number of nitrogens with zero attached hydrogens (tertiary/aromatic N) is 2. The van der Waals surface area contributed by atoms with E-state index in [0.717, 1.165) is 34.7 Å². The summed E-state index contributed by atoms with van der Waals surface area (Å²) in [4.78, 5) is 31.6. The van der Waals surface area contributed by atoms with Gasteiger partial charge >= 0.3 is 11.9 Å². The SMILES string of the molecule is O=C(O)COc1cccc2cc3c(nc12)-c1nc2c(OCC(=O)O)cccc2cc1CC3. The lowest BCUT2D eigenvalue weighted by atomic mass is 9.90. The lowest BCUT2D eigenvalue weighted by molar-refractivity contribution is -0.140. The fourth-order valence-electron chi connectivity index (χ4n) is 4.00. The second-order valence-corrected chi connectivity index (χ2v) is 7.51. The van der Waals surface area contributed by atoms with Crippen LogP contribution in [0, 0.1) is 0 Å². The molecule has 0 radical (unpaired) electrons. The van der Waals surface area contributed by atoms with Crippen LogP contribution in [0.25, 0.3) is 33.2 Å². The molecule has 0 unspecified atom stereocenters. The molecule has 0 bridgehead atoms. The van der Waals surface area contributed by atoms with E-state index in [2.05, 4.69) is 0 Å². The van der Waals surface area contributed by atoms with E-state index in [1.807, 2.05) is 36.4 Å². The van der Waals surface area contributed by atoms with Crippen molar-refractivity contribution in [1.82, 2.24) is 9.97 Å². The summed E-state index contributed by atoms with van der Waals surface area (Å²) in [6, 6.07) is 14.9. The Hall–Kier alpha value is -4.20. The molecule has 0 spiro atoms. The van der Waals surface area contributed by atoms with E-state index in [9.17, 15) is 9.59 Å². The Morgan fingerprint density at radius 3 is 1.59 bits per heavy atom. The average Bonchev–Trinajstić information content (AvgIpc) is 2.78. The highest BCUT2D eigenvalue weighted by atomic mass is 16.5. The van der Waals surface area contributed by atoms with Crippen LogP contribution in [0.15, 0.2) is 48.5 Å². The molecule has 1 aliphatic rings. The molecule has 2 aromatic carbocycles. The van der Waals surface area contributed by atoms with Gasteiger partial charge in [-0.05, 0) is 48.2 Å². The number of carboxylic acids is 2. The van der Waals surface area contributed by atoms with Gasteiger partial charge in [0.1, 0.15) is 22.5 Å². The van der Waals surface area contributed by atoms with Crippen molar-refractivity contribution in [2.45, 2.75) is 12.8 Å². The van der Waals surface area contributed by atoms with Gasteiger partial charge in [0.15, 0.2) is 13.2 Å². The van der Waals surface area contributed by atoms with Crippen molar-refractivity contribution in [1.29, 1.82) is 0 Å². The number of aromatic nitrogens is 2. The van der Waals surface area contributed by atoms with Gasteiger partial charge in [0.05, 0.1) is 11.4 Å². The molecule has 0 saturated carbocycles. The maximum atomic E-state index is 11.0. The summed E-state index contributed by atoms with van der Waals surface area (Å²) in [5.74, 6) is -1.34. The third-order valence-electron chi connectivity index (χ3n) is 5.37. The fraction of sp³-hybridized carbons (Fsp3) is 0.167. The summed E-state index contributed by atoms with van der Waals surface area (Å²) in [7, 11) is 0. The van der Waals surface area contributed by atoms with Crippen LogP contribution in [0.4, 0.5) is 0 Å². The Labute approximate surface area is 182 Å². The van der Waals surface area contributed by atoms with Crippen LogP contribution in [0.5, 0.6) is 11.5 Å². The molecular weight excluding hydrogens is 412 g/mol. The van der Waals surface area contributed by atoms with E-state index >= 15 is 0 Å². The van der Waals surface area contributed by atoms with Crippen molar-refractivity contribution in [3.63, 3.8) is 0 Å². The highest BCUT2D eigenvalue weighted by Crippen LogP contribution is 2.37. The van der Waals surface area contributed by atoms with Crippen molar-refractivity contribution >= 4 is 33.7 Å². The number of rotatable bonds is 6.